The molecule has 1 aliphatic heterocycles. The molecule has 0 saturated carbocycles. The second kappa shape index (κ2) is 11.1. The predicted octanol–water partition coefficient (Wildman–Crippen LogP) is 3.13. The molecular formula is C20H31F3N4O2. The number of methoxy groups -OCH3 is 2. The maximum atomic E-state index is 12.2. The van der Waals surface area contributed by atoms with Crippen LogP contribution in [0.3, 0.4) is 0 Å². The number of aliphatic imine (C=N–C) groups is 1. The Labute approximate surface area is 170 Å². The normalized spacial score (nSPS) is 16.1. The van der Waals surface area contributed by atoms with Gasteiger partial charge in [0.25, 0.3) is 0 Å². The number of rotatable bonds is 8. The molecule has 1 aromatic carbocycles. The van der Waals surface area contributed by atoms with Crippen molar-refractivity contribution in [1.82, 2.24) is 15.1 Å². The van der Waals surface area contributed by atoms with Crippen molar-refractivity contribution in [2.24, 2.45) is 4.99 Å². The number of piperazine rings is 1. The SMILES string of the molecule is CN=C(NCCCCC(F)(F)F)N1CCN(Cc2cc(OC)ccc2OC)CC1. The topological polar surface area (TPSA) is 49.3 Å². The Morgan fingerprint density at radius 2 is 1.83 bits per heavy atom. The number of guanidine groups is 1. The van der Waals surface area contributed by atoms with Crippen LogP contribution >= 0.6 is 0 Å². The van der Waals surface area contributed by atoms with Gasteiger partial charge in [-0.2, -0.15) is 13.2 Å². The summed E-state index contributed by atoms with van der Waals surface area (Å²) in [6.45, 7) is 4.56. The summed E-state index contributed by atoms with van der Waals surface area (Å²) in [7, 11) is 5.01. The molecule has 6 nitrogen and oxygen atoms in total. The minimum atomic E-state index is -4.08. The van der Waals surface area contributed by atoms with Gasteiger partial charge in [0.15, 0.2) is 5.96 Å². The van der Waals surface area contributed by atoms with Crippen LogP contribution in [0.4, 0.5) is 13.2 Å². The lowest BCUT2D eigenvalue weighted by Crippen LogP contribution is -2.52. The molecule has 0 aliphatic carbocycles. The highest BCUT2D eigenvalue weighted by Crippen LogP contribution is 2.25. The highest BCUT2D eigenvalue weighted by Gasteiger charge is 2.26. The summed E-state index contributed by atoms with van der Waals surface area (Å²) in [5.74, 6) is 2.38. The number of benzene rings is 1. The molecule has 1 N–H and O–H groups in total. The fourth-order valence-corrected chi connectivity index (χ4v) is 3.35. The van der Waals surface area contributed by atoms with Gasteiger partial charge in [-0.1, -0.05) is 0 Å². The van der Waals surface area contributed by atoms with Gasteiger partial charge in [-0.3, -0.25) is 9.89 Å². The number of hydrogen-bond donors (Lipinski definition) is 1. The number of halogens is 3. The minimum absolute atomic E-state index is 0.129. The van der Waals surface area contributed by atoms with Crippen molar-refractivity contribution in [3.63, 3.8) is 0 Å². The third kappa shape index (κ3) is 7.64. The van der Waals surface area contributed by atoms with Crippen LogP contribution in [0, 0.1) is 0 Å². The molecule has 164 valence electrons. The smallest absolute Gasteiger partial charge is 0.389 e. The maximum absolute atomic E-state index is 12.2. The first kappa shape index (κ1) is 23.1. The van der Waals surface area contributed by atoms with Crippen molar-refractivity contribution in [3.05, 3.63) is 23.8 Å². The van der Waals surface area contributed by atoms with E-state index in [4.69, 9.17) is 9.47 Å². The van der Waals surface area contributed by atoms with Gasteiger partial charge in [-0.25, -0.2) is 0 Å². The van der Waals surface area contributed by atoms with Gasteiger partial charge >= 0.3 is 6.18 Å². The van der Waals surface area contributed by atoms with Crippen LogP contribution < -0.4 is 14.8 Å². The van der Waals surface area contributed by atoms with E-state index in [1.54, 1.807) is 21.3 Å². The minimum Gasteiger partial charge on any atom is -0.497 e. The Morgan fingerprint density at radius 1 is 1.10 bits per heavy atom. The third-order valence-electron chi connectivity index (χ3n) is 4.94. The zero-order valence-electron chi connectivity index (χ0n) is 17.4. The molecule has 0 spiro atoms. The van der Waals surface area contributed by atoms with E-state index in [2.05, 4.69) is 20.1 Å². The van der Waals surface area contributed by atoms with Gasteiger partial charge in [-0.05, 0) is 31.0 Å². The van der Waals surface area contributed by atoms with Gasteiger partial charge in [-0.15, -0.1) is 0 Å². The van der Waals surface area contributed by atoms with E-state index in [9.17, 15) is 13.2 Å². The molecule has 0 unspecified atom stereocenters. The van der Waals surface area contributed by atoms with Gasteiger partial charge in [0.2, 0.25) is 0 Å². The van der Waals surface area contributed by atoms with Gasteiger partial charge in [0.1, 0.15) is 11.5 Å². The Hall–Kier alpha value is -2.16. The Bertz CT molecular complexity index is 660. The summed E-state index contributed by atoms with van der Waals surface area (Å²) < 4.78 is 47.4. The average Bonchev–Trinajstić information content (AvgIpc) is 2.70. The molecule has 1 aliphatic rings. The first-order chi connectivity index (χ1) is 13.9. The maximum Gasteiger partial charge on any atom is 0.389 e. The van der Waals surface area contributed by atoms with Crippen LogP contribution in [0.5, 0.6) is 11.5 Å². The number of nitrogens with zero attached hydrogens (tertiary/aromatic N) is 3. The summed E-state index contributed by atoms with van der Waals surface area (Å²) in [5.41, 5.74) is 1.08. The molecule has 2 rings (SSSR count). The molecule has 0 bridgehead atoms. The lowest BCUT2D eigenvalue weighted by atomic mass is 10.1. The largest absolute Gasteiger partial charge is 0.497 e. The number of hydrogen-bond acceptors (Lipinski definition) is 4. The molecule has 0 radical (unpaired) electrons. The Kier molecular flexibility index (Phi) is 8.88. The van der Waals surface area contributed by atoms with Gasteiger partial charge in [0, 0.05) is 58.3 Å². The summed E-state index contributed by atoms with van der Waals surface area (Å²) >= 11 is 0. The first-order valence-electron chi connectivity index (χ1n) is 9.82. The van der Waals surface area contributed by atoms with Gasteiger partial charge in [0.05, 0.1) is 14.2 Å². The van der Waals surface area contributed by atoms with Crippen LogP contribution in [0.25, 0.3) is 0 Å². The van der Waals surface area contributed by atoms with Gasteiger partial charge < -0.3 is 19.7 Å². The second-order valence-corrected chi connectivity index (χ2v) is 6.99. The predicted molar refractivity (Wildman–Crippen MR) is 108 cm³/mol. The van der Waals surface area contributed by atoms with E-state index in [0.29, 0.717) is 13.0 Å². The Balaban J connectivity index is 1.79. The van der Waals surface area contributed by atoms with E-state index in [1.807, 2.05) is 18.2 Å². The highest BCUT2D eigenvalue weighted by atomic mass is 19.4. The standard InChI is InChI=1S/C20H31F3N4O2/c1-24-19(25-9-5-4-8-20(21,22)23)27-12-10-26(11-13-27)15-16-14-17(28-2)6-7-18(16)29-3/h6-7,14H,4-5,8-13,15H2,1-3H3,(H,24,25). The van der Waals surface area contributed by atoms with Crippen molar-refractivity contribution in [2.45, 2.75) is 32.0 Å². The van der Waals surface area contributed by atoms with Crippen molar-refractivity contribution in [2.75, 3.05) is 54.0 Å². The van der Waals surface area contributed by atoms with Crippen LogP contribution in [0.2, 0.25) is 0 Å². The number of nitrogens with one attached hydrogen (secondary N) is 1. The fourth-order valence-electron chi connectivity index (χ4n) is 3.35. The molecule has 1 saturated heterocycles. The molecule has 1 fully saturated rings. The van der Waals surface area contributed by atoms with E-state index in [-0.39, 0.29) is 6.42 Å². The molecular weight excluding hydrogens is 385 g/mol. The van der Waals surface area contributed by atoms with E-state index in [0.717, 1.165) is 55.7 Å². The Morgan fingerprint density at radius 3 is 2.41 bits per heavy atom. The summed E-state index contributed by atoms with van der Waals surface area (Å²) in [6, 6.07) is 5.78. The molecule has 0 amide bonds. The lowest BCUT2D eigenvalue weighted by Gasteiger charge is -2.36. The number of unbranched alkanes of at least 4 members (excludes halogenated alkanes) is 1. The van der Waals surface area contributed by atoms with Crippen molar-refractivity contribution in [3.8, 4) is 11.5 Å². The van der Waals surface area contributed by atoms with Crippen LogP contribution in [0.1, 0.15) is 24.8 Å². The summed E-state index contributed by atoms with van der Waals surface area (Å²) in [6.07, 6.45) is -4.22. The van der Waals surface area contributed by atoms with Crippen LogP contribution in [0.15, 0.2) is 23.2 Å². The second-order valence-electron chi connectivity index (χ2n) is 6.99. The van der Waals surface area contributed by atoms with E-state index >= 15 is 0 Å². The molecule has 0 aromatic heterocycles. The van der Waals surface area contributed by atoms with Crippen molar-refractivity contribution < 1.29 is 22.6 Å². The fraction of sp³-hybridized carbons (Fsp3) is 0.650. The van der Waals surface area contributed by atoms with E-state index < -0.39 is 12.6 Å². The van der Waals surface area contributed by atoms with Crippen LogP contribution in [-0.2, 0) is 6.54 Å². The number of alkyl halides is 3. The zero-order chi connectivity index (χ0) is 21.3. The number of ether oxygens (including phenoxy) is 2. The molecule has 0 atom stereocenters. The average molecular weight is 416 g/mol. The van der Waals surface area contributed by atoms with Crippen molar-refractivity contribution in [1.29, 1.82) is 0 Å². The lowest BCUT2D eigenvalue weighted by molar-refractivity contribution is -0.135. The monoisotopic (exact) mass is 416 g/mol. The van der Waals surface area contributed by atoms with E-state index in [1.165, 1.54) is 0 Å². The third-order valence-corrected chi connectivity index (χ3v) is 4.94. The summed E-state index contributed by atoms with van der Waals surface area (Å²) in [4.78, 5) is 8.75. The molecule has 9 heteroatoms. The molecule has 1 heterocycles. The molecule has 29 heavy (non-hydrogen) atoms. The first-order valence-corrected chi connectivity index (χ1v) is 9.82. The van der Waals surface area contributed by atoms with Crippen molar-refractivity contribution >= 4 is 5.96 Å². The molecule has 1 aromatic rings. The quantitative estimate of drug-likeness (QED) is 0.401. The summed E-state index contributed by atoms with van der Waals surface area (Å²) in [5, 5.41) is 3.18. The highest BCUT2D eigenvalue weighted by molar-refractivity contribution is 5.79. The van der Waals surface area contributed by atoms with Crippen LogP contribution in [-0.4, -0.2) is 75.9 Å². The zero-order valence-corrected chi connectivity index (χ0v) is 17.4.